The predicted octanol–water partition coefficient (Wildman–Crippen LogP) is 0.432. The van der Waals surface area contributed by atoms with Crippen molar-refractivity contribution in [3.8, 4) is 5.75 Å². The molecule has 0 aliphatic carbocycles. The van der Waals surface area contributed by atoms with Gasteiger partial charge in [0.05, 0.1) is 18.6 Å². The van der Waals surface area contributed by atoms with Crippen LogP contribution in [0.15, 0.2) is 23.4 Å². The van der Waals surface area contributed by atoms with Gasteiger partial charge in [0.2, 0.25) is 9.05 Å². The molecule has 1 aromatic rings. The Morgan fingerprint density at radius 3 is 2.47 bits per heavy atom. The van der Waals surface area contributed by atoms with Gasteiger partial charge in [0.15, 0.2) is 20.6 Å². The Balaban J connectivity index is 3.06. The average molecular weight is 300 g/mol. The van der Waals surface area contributed by atoms with E-state index in [1.165, 1.54) is 25.4 Å². The molecule has 0 radical (unpaired) electrons. The van der Waals surface area contributed by atoms with E-state index in [1.54, 1.807) is 0 Å². The van der Waals surface area contributed by atoms with Crippen molar-refractivity contribution in [1.29, 1.82) is 0 Å². The van der Waals surface area contributed by atoms with E-state index in [-0.39, 0.29) is 10.8 Å². The Morgan fingerprint density at radius 2 is 1.94 bits per heavy atom. The summed E-state index contributed by atoms with van der Waals surface area (Å²) in [5.41, 5.74) is 0. The van der Waals surface area contributed by atoms with Gasteiger partial charge in [0.1, 0.15) is 0 Å². The summed E-state index contributed by atoms with van der Waals surface area (Å²) >= 11 is 0. The number of pyridine rings is 1. The van der Waals surface area contributed by atoms with Crippen LogP contribution in [0.25, 0.3) is 0 Å². The highest BCUT2D eigenvalue weighted by atomic mass is 35.7. The molecule has 0 bridgehead atoms. The molecule has 0 aromatic carbocycles. The highest BCUT2D eigenvalue weighted by Gasteiger charge is 2.23. The topological polar surface area (TPSA) is 90.4 Å². The van der Waals surface area contributed by atoms with Crippen molar-refractivity contribution in [3.05, 3.63) is 18.3 Å². The molecular weight excluding hydrogens is 290 g/mol. The Morgan fingerprint density at radius 1 is 1.29 bits per heavy atom. The lowest BCUT2D eigenvalue weighted by Gasteiger charge is -2.06. The number of methoxy groups -OCH3 is 1. The summed E-state index contributed by atoms with van der Waals surface area (Å²) in [5.74, 6) is -1.23. The average Bonchev–Trinajstić information content (AvgIpc) is 2.26. The number of sulfone groups is 1. The van der Waals surface area contributed by atoms with E-state index < -0.39 is 30.4 Å². The van der Waals surface area contributed by atoms with Crippen LogP contribution in [0.3, 0.4) is 0 Å². The number of hydrogen-bond acceptors (Lipinski definition) is 6. The molecule has 9 heteroatoms. The van der Waals surface area contributed by atoms with Gasteiger partial charge in [-0.3, -0.25) is 0 Å². The largest absolute Gasteiger partial charge is 0.494 e. The van der Waals surface area contributed by atoms with E-state index in [9.17, 15) is 16.8 Å². The van der Waals surface area contributed by atoms with Gasteiger partial charge in [-0.1, -0.05) is 0 Å². The molecule has 1 aromatic heterocycles. The molecule has 0 fully saturated rings. The fourth-order valence-electron chi connectivity index (χ4n) is 1.07. The number of halogens is 1. The van der Waals surface area contributed by atoms with E-state index in [2.05, 4.69) is 4.98 Å². The van der Waals surface area contributed by atoms with Crippen LogP contribution in [0, 0.1) is 0 Å². The minimum absolute atomic E-state index is 0.0690. The minimum atomic E-state index is -3.86. The molecule has 0 amide bonds. The first-order valence-corrected chi connectivity index (χ1v) is 8.53. The van der Waals surface area contributed by atoms with E-state index in [1.807, 2.05) is 0 Å². The maximum absolute atomic E-state index is 11.8. The minimum Gasteiger partial charge on any atom is -0.494 e. The number of rotatable bonds is 5. The molecule has 0 N–H and O–H groups in total. The van der Waals surface area contributed by atoms with Crippen LogP contribution in [0.5, 0.6) is 5.75 Å². The molecule has 96 valence electrons. The molecule has 0 unspecified atom stereocenters. The second kappa shape index (κ2) is 5.19. The van der Waals surface area contributed by atoms with Crippen LogP contribution in [-0.4, -0.2) is 40.4 Å². The lowest BCUT2D eigenvalue weighted by molar-refractivity contribution is 0.398. The van der Waals surface area contributed by atoms with Crippen molar-refractivity contribution in [2.75, 3.05) is 18.6 Å². The molecule has 0 aliphatic heterocycles. The van der Waals surface area contributed by atoms with E-state index in [0.29, 0.717) is 0 Å². The zero-order valence-corrected chi connectivity index (χ0v) is 11.2. The third-order valence-electron chi connectivity index (χ3n) is 1.85. The molecule has 1 heterocycles. The fourth-order valence-corrected chi connectivity index (χ4v) is 4.18. The van der Waals surface area contributed by atoms with Crippen LogP contribution >= 0.6 is 10.7 Å². The summed E-state index contributed by atoms with van der Waals surface area (Å²) in [6.07, 6.45) is 1.28. The number of hydrogen-bond donors (Lipinski definition) is 0. The summed E-state index contributed by atoms with van der Waals surface area (Å²) in [7, 11) is -1.44. The second-order valence-electron chi connectivity index (χ2n) is 3.07. The van der Waals surface area contributed by atoms with Crippen molar-refractivity contribution < 1.29 is 21.6 Å². The first-order chi connectivity index (χ1) is 7.76. The lowest BCUT2D eigenvalue weighted by Crippen LogP contribution is -2.16. The number of aromatic nitrogens is 1. The van der Waals surface area contributed by atoms with E-state index in [4.69, 9.17) is 15.4 Å². The highest BCUT2D eigenvalue weighted by Crippen LogP contribution is 2.21. The van der Waals surface area contributed by atoms with Gasteiger partial charge < -0.3 is 4.74 Å². The van der Waals surface area contributed by atoms with Gasteiger partial charge in [0, 0.05) is 16.9 Å². The Bertz CT molecular complexity index is 596. The Labute approximate surface area is 104 Å². The van der Waals surface area contributed by atoms with Crippen LogP contribution in [-0.2, 0) is 18.9 Å². The molecule has 0 spiro atoms. The van der Waals surface area contributed by atoms with Crippen LogP contribution < -0.4 is 4.74 Å². The van der Waals surface area contributed by atoms with Gasteiger partial charge in [-0.2, -0.15) is 0 Å². The van der Waals surface area contributed by atoms with E-state index >= 15 is 0 Å². The van der Waals surface area contributed by atoms with Gasteiger partial charge in [0.25, 0.3) is 0 Å². The van der Waals surface area contributed by atoms with Crippen molar-refractivity contribution >= 4 is 29.6 Å². The fraction of sp³-hybridized carbons (Fsp3) is 0.375. The van der Waals surface area contributed by atoms with Crippen LogP contribution in [0.2, 0.25) is 0 Å². The Hall–Kier alpha value is -0.860. The first kappa shape index (κ1) is 14.2. The normalized spacial score (nSPS) is 12.4. The maximum atomic E-state index is 11.8. The van der Waals surface area contributed by atoms with Crippen molar-refractivity contribution in [3.63, 3.8) is 0 Å². The van der Waals surface area contributed by atoms with Crippen LogP contribution in [0.4, 0.5) is 0 Å². The third kappa shape index (κ3) is 4.14. The van der Waals surface area contributed by atoms with Crippen molar-refractivity contribution in [2.45, 2.75) is 5.03 Å². The molecule has 0 saturated heterocycles. The standard InChI is InChI=1S/C8H10ClNO5S2/c1-15-7-3-2-4-10-8(7)16(11,12)5-6-17(9,13)14/h2-4H,5-6H2,1H3. The molecule has 17 heavy (non-hydrogen) atoms. The summed E-state index contributed by atoms with van der Waals surface area (Å²) in [6.45, 7) is 0. The van der Waals surface area contributed by atoms with Gasteiger partial charge >= 0.3 is 0 Å². The zero-order chi connectivity index (χ0) is 13.1. The molecule has 6 nitrogen and oxygen atoms in total. The first-order valence-electron chi connectivity index (χ1n) is 4.40. The molecule has 0 saturated carbocycles. The van der Waals surface area contributed by atoms with Gasteiger partial charge in [-0.25, -0.2) is 21.8 Å². The highest BCUT2D eigenvalue weighted by molar-refractivity contribution is 8.14. The number of nitrogens with zero attached hydrogens (tertiary/aromatic N) is 1. The molecule has 0 aliphatic rings. The molecule has 1 rings (SSSR count). The summed E-state index contributed by atoms with van der Waals surface area (Å²) in [6, 6.07) is 2.94. The smallest absolute Gasteiger partial charge is 0.233 e. The SMILES string of the molecule is COc1cccnc1S(=O)(=O)CCS(=O)(=O)Cl. The Kier molecular flexibility index (Phi) is 4.34. The van der Waals surface area contributed by atoms with Crippen molar-refractivity contribution in [2.24, 2.45) is 0 Å². The van der Waals surface area contributed by atoms with Crippen LogP contribution in [0.1, 0.15) is 0 Å². The lowest BCUT2D eigenvalue weighted by atomic mass is 10.5. The quantitative estimate of drug-likeness (QED) is 0.732. The number of ether oxygens (including phenoxy) is 1. The predicted molar refractivity (Wildman–Crippen MR) is 62.5 cm³/mol. The summed E-state index contributed by atoms with van der Waals surface area (Å²) in [4.78, 5) is 3.67. The molecular formula is C8H10ClNO5S2. The van der Waals surface area contributed by atoms with Gasteiger partial charge in [-0.05, 0) is 12.1 Å². The monoisotopic (exact) mass is 299 g/mol. The summed E-state index contributed by atoms with van der Waals surface area (Å²) in [5, 5.41) is -0.289. The van der Waals surface area contributed by atoms with Crippen molar-refractivity contribution in [1.82, 2.24) is 4.98 Å². The second-order valence-corrected chi connectivity index (χ2v) is 7.99. The van der Waals surface area contributed by atoms with E-state index in [0.717, 1.165) is 0 Å². The zero-order valence-electron chi connectivity index (χ0n) is 8.83. The summed E-state index contributed by atoms with van der Waals surface area (Å²) < 4.78 is 49.9. The third-order valence-corrected chi connectivity index (χ3v) is 4.90. The maximum Gasteiger partial charge on any atom is 0.233 e. The molecule has 0 atom stereocenters. The van der Waals surface area contributed by atoms with Gasteiger partial charge in [-0.15, -0.1) is 0 Å².